The highest BCUT2D eigenvalue weighted by Crippen LogP contribution is 2.41. The minimum absolute atomic E-state index is 0.0119. The second kappa shape index (κ2) is 9.24. The molecular weight excluding hydrogens is 476 g/mol. The van der Waals surface area contributed by atoms with Gasteiger partial charge in [-0.1, -0.05) is 29.8 Å². The molecule has 1 atom stereocenters. The van der Waals surface area contributed by atoms with E-state index in [1.807, 2.05) is 6.92 Å². The number of hydrogen-bond donors (Lipinski definition) is 2. The number of nitrogens with zero attached hydrogens (tertiary/aromatic N) is 2. The van der Waals surface area contributed by atoms with Gasteiger partial charge in [0.25, 0.3) is 21.6 Å². The lowest BCUT2D eigenvalue weighted by Crippen LogP contribution is -2.52. The predicted octanol–water partition coefficient (Wildman–Crippen LogP) is 3.38. The number of amides is 1. The highest BCUT2D eigenvalue weighted by molar-refractivity contribution is 7.89. The van der Waals surface area contributed by atoms with E-state index in [0.29, 0.717) is 5.69 Å². The van der Waals surface area contributed by atoms with E-state index in [4.69, 9.17) is 9.47 Å². The number of carbonyl (C=O) groups excluding carboxylic acids is 1. The van der Waals surface area contributed by atoms with Gasteiger partial charge >= 0.3 is 0 Å². The Balaban J connectivity index is 1.88. The summed E-state index contributed by atoms with van der Waals surface area (Å²) in [5.74, 6) is -0.413. The molecule has 1 aliphatic rings. The summed E-state index contributed by atoms with van der Waals surface area (Å²) in [6.45, 7) is 1.81. The monoisotopic (exact) mass is 498 g/mol. The first-order chi connectivity index (χ1) is 16.7. The van der Waals surface area contributed by atoms with E-state index in [-0.39, 0.29) is 27.5 Å². The molecule has 0 bridgehead atoms. The molecule has 0 radical (unpaired) electrons. The second-order valence-electron chi connectivity index (χ2n) is 7.70. The fourth-order valence-electron chi connectivity index (χ4n) is 3.73. The zero-order valence-electron chi connectivity index (χ0n) is 19.0. The summed E-state index contributed by atoms with van der Waals surface area (Å²) in [6.07, 6.45) is -1.28. The number of hydrogen-bond acceptors (Lipinski definition) is 8. The van der Waals surface area contributed by atoms with Crippen LogP contribution >= 0.6 is 0 Å². The Morgan fingerprint density at radius 1 is 1.03 bits per heavy atom. The van der Waals surface area contributed by atoms with Gasteiger partial charge in [0.1, 0.15) is 0 Å². The molecule has 1 heterocycles. The van der Waals surface area contributed by atoms with Gasteiger partial charge in [0, 0.05) is 5.69 Å². The van der Waals surface area contributed by atoms with E-state index in [2.05, 4.69) is 10.1 Å². The number of methoxy groups -OCH3 is 2. The van der Waals surface area contributed by atoms with Gasteiger partial charge in [-0.25, -0.2) is 13.4 Å². The predicted molar refractivity (Wildman–Crippen MR) is 127 cm³/mol. The van der Waals surface area contributed by atoms with E-state index in [1.54, 1.807) is 30.3 Å². The second-order valence-corrected chi connectivity index (χ2v) is 9.36. The molecule has 0 saturated heterocycles. The van der Waals surface area contributed by atoms with Crippen molar-refractivity contribution in [2.75, 3.05) is 19.5 Å². The third kappa shape index (κ3) is 4.48. The number of aryl methyl sites for hydroxylation is 1. The summed E-state index contributed by atoms with van der Waals surface area (Å²) < 4.78 is 36.8. The van der Waals surface area contributed by atoms with Gasteiger partial charge in [-0.15, -0.1) is 4.83 Å². The van der Waals surface area contributed by atoms with Crippen LogP contribution in [0, 0.1) is 17.0 Å². The van der Waals surface area contributed by atoms with Gasteiger partial charge in [-0.3, -0.25) is 14.9 Å². The number of anilines is 1. The molecule has 2 N–H and O–H groups in total. The molecule has 1 amide bonds. The van der Waals surface area contributed by atoms with Gasteiger partial charge < -0.3 is 14.8 Å². The summed E-state index contributed by atoms with van der Waals surface area (Å²) in [5.41, 5.74) is 1.03. The molecule has 0 spiro atoms. The van der Waals surface area contributed by atoms with Crippen molar-refractivity contribution in [3.8, 4) is 11.5 Å². The first-order valence-electron chi connectivity index (χ1n) is 10.3. The fourth-order valence-corrected chi connectivity index (χ4v) is 4.77. The van der Waals surface area contributed by atoms with Crippen LogP contribution in [0.1, 0.15) is 27.7 Å². The van der Waals surface area contributed by atoms with Crippen molar-refractivity contribution in [3.05, 3.63) is 87.5 Å². The quantitative estimate of drug-likeness (QED) is 0.373. The highest BCUT2D eigenvalue weighted by atomic mass is 32.2. The number of nitro groups is 1. The summed E-state index contributed by atoms with van der Waals surface area (Å²) >= 11 is 0. The molecule has 0 aliphatic carbocycles. The maximum absolute atomic E-state index is 13.5. The molecule has 182 valence electrons. The lowest BCUT2D eigenvalue weighted by atomic mass is 10.0. The molecule has 35 heavy (non-hydrogen) atoms. The van der Waals surface area contributed by atoms with Crippen molar-refractivity contribution in [3.63, 3.8) is 0 Å². The Morgan fingerprint density at radius 2 is 1.66 bits per heavy atom. The number of para-hydroxylation sites is 1. The molecule has 11 nitrogen and oxygen atoms in total. The van der Waals surface area contributed by atoms with Crippen LogP contribution in [0.4, 0.5) is 11.4 Å². The SMILES string of the molecule is COc1cc([C@@H]2Nc3ccccc3C(=O)N2NS(=O)(=O)c2ccc(C)cc2)c([N+](=O)[O-])cc1OC. The molecule has 12 heteroatoms. The van der Waals surface area contributed by atoms with Crippen LogP contribution in [0.5, 0.6) is 11.5 Å². The third-order valence-corrected chi connectivity index (χ3v) is 6.83. The summed E-state index contributed by atoms with van der Waals surface area (Å²) in [4.78, 5) is 27.0. The normalized spacial score (nSPS) is 15.2. The Morgan fingerprint density at radius 3 is 2.29 bits per heavy atom. The van der Waals surface area contributed by atoms with Crippen LogP contribution in [0.15, 0.2) is 65.6 Å². The Kier molecular flexibility index (Phi) is 6.33. The van der Waals surface area contributed by atoms with Crippen molar-refractivity contribution < 1.29 is 27.6 Å². The first kappa shape index (κ1) is 24.0. The van der Waals surface area contributed by atoms with Crippen molar-refractivity contribution in [2.45, 2.75) is 18.0 Å². The number of carbonyl (C=O) groups is 1. The van der Waals surface area contributed by atoms with Crippen molar-refractivity contribution in [1.82, 2.24) is 9.84 Å². The number of nitrogens with one attached hydrogen (secondary N) is 2. The van der Waals surface area contributed by atoms with Crippen LogP contribution in [0.2, 0.25) is 0 Å². The Labute approximate surface area is 201 Å². The summed E-state index contributed by atoms with van der Waals surface area (Å²) in [5, 5.41) is 15.8. The number of ether oxygens (including phenoxy) is 2. The van der Waals surface area contributed by atoms with Crippen LogP contribution < -0.4 is 19.6 Å². The molecule has 3 aromatic rings. The average Bonchev–Trinajstić information content (AvgIpc) is 2.85. The van der Waals surface area contributed by atoms with E-state index in [1.165, 1.54) is 38.5 Å². The standard InChI is InChI=1S/C23H22N4O7S/c1-14-8-10-15(11-9-14)35(31,32)25-26-22(24-18-7-5-4-6-16(18)23(26)28)17-12-20(33-2)21(34-3)13-19(17)27(29)30/h4-13,22,24-25H,1-3H3/t22-/m1/s1. The van der Waals surface area contributed by atoms with Crippen LogP contribution in [-0.4, -0.2) is 38.5 Å². The lowest BCUT2D eigenvalue weighted by molar-refractivity contribution is -0.386. The smallest absolute Gasteiger partial charge is 0.280 e. The highest BCUT2D eigenvalue weighted by Gasteiger charge is 2.39. The molecule has 0 saturated carbocycles. The van der Waals surface area contributed by atoms with Crippen molar-refractivity contribution >= 4 is 27.3 Å². The van der Waals surface area contributed by atoms with E-state index < -0.39 is 32.7 Å². The minimum Gasteiger partial charge on any atom is -0.493 e. The van der Waals surface area contributed by atoms with Gasteiger partial charge in [-0.05, 0) is 37.3 Å². The van der Waals surface area contributed by atoms with E-state index in [9.17, 15) is 23.3 Å². The van der Waals surface area contributed by atoms with Crippen LogP contribution in [0.25, 0.3) is 0 Å². The van der Waals surface area contributed by atoms with Gasteiger partial charge in [0.05, 0.1) is 41.2 Å². The van der Waals surface area contributed by atoms with Crippen molar-refractivity contribution in [2.24, 2.45) is 0 Å². The summed E-state index contributed by atoms with van der Waals surface area (Å²) in [6, 6.07) is 15.0. The van der Waals surface area contributed by atoms with Gasteiger partial charge in [0.2, 0.25) is 0 Å². The molecule has 3 aromatic carbocycles. The topological polar surface area (TPSA) is 140 Å². The Hall–Kier alpha value is -4.16. The number of sulfonamides is 1. The zero-order chi connectivity index (χ0) is 25.3. The molecule has 0 aromatic heterocycles. The largest absolute Gasteiger partial charge is 0.493 e. The summed E-state index contributed by atoms with van der Waals surface area (Å²) in [7, 11) is -1.53. The number of fused-ring (bicyclic) bond motifs is 1. The molecule has 0 unspecified atom stereocenters. The Bertz CT molecular complexity index is 1410. The van der Waals surface area contributed by atoms with Gasteiger partial charge in [-0.2, -0.15) is 0 Å². The van der Waals surface area contributed by atoms with Crippen LogP contribution in [-0.2, 0) is 10.0 Å². The molecule has 4 rings (SSSR count). The molecule has 1 aliphatic heterocycles. The number of benzene rings is 3. The molecular formula is C23H22N4O7S. The lowest BCUT2D eigenvalue weighted by Gasteiger charge is -2.37. The van der Waals surface area contributed by atoms with Crippen molar-refractivity contribution in [1.29, 1.82) is 0 Å². The molecule has 0 fully saturated rings. The number of nitro benzene ring substituents is 1. The first-order valence-corrected chi connectivity index (χ1v) is 11.8. The van der Waals surface area contributed by atoms with Gasteiger partial charge in [0.15, 0.2) is 17.7 Å². The third-order valence-electron chi connectivity index (χ3n) is 5.50. The van der Waals surface area contributed by atoms with E-state index >= 15 is 0 Å². The van der Waals surface area contributed by atoms with E-state index in [0.717, 1.165) is 16.6 Å². The maximum Gasteiger partial charge on any atom is 0.280 e. The fraction of sp³-hybridized carbons (Fsp3) is 0.174. The zero-order valence-corrected chi connectivity index (χ0v) is 19.8. The minimum atomic E-state index is -4.23. The number of rotatable bonds is 7. The number of hydrazine groups is 1. The van der Waals surface area contributed by atoms with Crippen LogP contribution in [0.3, 0.4) is 0 Å². The maximum atomic E-state index is 13.5. The average molecular weight is 499 g/mol.